The van der Waals surface area contributed by atoms with Crippen molar-refractivity contribution in [1.29, 1.82) is 0 Å². The van der Waals surface area contributed by atoms with Gasteiger partial charge >= 0.3 is 0 Å². The normalized spacial score (nSPS) is 15.1. The van der Waals surface area contributed by atoms with E-state index in [1.807, 2.05) is 12.3 Å². The molecule has 3 rings (SSSR count). The first-order chi connectivity index (χ1) is 7.84. The van der Waals surface area contributed by atoms with Gasteiger partial charge in [-0.05, 0) is 38.7 Å². The number of aryl methyl sites for hydroxylation is 2. The predicted molar refractivity (Wildman–Crippen MR) is 61.4 cm³/mol. The predicted octanol–water partition coefficient (Wildman–Crippen LogP) is 2.71. The highest BCUT2D eigenvalue weighted by Crippen LogP contribution is 2.22. The van der Waals surface area contributed by atoms with Gasteiger partial charge in [-0.15, -0.1) is 0 Å². The van der Waals surface area contributed by atoms with Crippen molar-refractivity contribution in [2.24, 2.45) is 0 Å². The maximum atomic E-state index is 5.11. The molecule has 0 radical (unpaired) electrons. The Labute approximate surface area is 95.1 Å². The van der Waals surface area contributed by atoms with E-state index in [9.17, 15) is 0 Å². The van der Waals surface area contributed by atoms with Crippen molar-refractivity contribution in [1.82, 2.24) is 9.55 Å². The number of hydrogen-bond acceptors (Lipinski definition) is 2. The van der Waals surface area contributed by atoms with E-state index in [-0.39, 0.29) is 0 Å². The van der Waals surface area contributed by atoms with Crippen molar-refractivity contribution < 1.29 is 4.42 Å². The third-order valence-electron chi connectivity index (χ3n) is 3.34. The third kappa shape index (κ3) is 1.56. The summed E-state index contributed by atoms with van der Waals surface area (Å²) in [6.07, 6.45) is 8.45. The zero-order valence-electron chi connectivity index (χ0n) is 9.57. The molecule has 0 unspecified atom stereocenters. The van der Waals surface area contributed by atoms with Crippen LogP contribution >= 0.6 is 0 Å². The van der Waals surface area contributed by atoms with Gasteiger partial charge in [0.05, 0.1) is 24.8 Å². The first-order valence-corrected chi connectivity index (χ1v) is 5.90. The Kier molecular flexibility index (Phi) is 2.31. The van der Waals surface area contributed by atoms with Crippen LogP contribution in [-0.4, -0.2) is 9.55 Å². The van der Waals surface area contributed by atoms with Crippen LogP contribution in [0.25, 0.3) is 0 Å². The number of fused-ring (bicyclic) bond motifs is 1. The quantitative estimate of drug-likeness (QED) is 0.772. The number of hydrogen-bond donors (Lipinski definition) is 0. The van der Waals surface area contributed by atoms with Gasteiger partial charge in [-0.25, -0.2) is 4.98 Å². The molecule has 0 fully saturated rings. The van der Waals surface area contributed by atoms with Crippen LogP contribution in [-0.2, 0) is 19.4 Å². The molecular formula is C13H16N2O. The van der Waals surface area contributed by atoms with Gasteiger partial charge in [-0.1, -0.05) is 0 Å². The van der Waals surface area contributed by atoms with Crippen molar-refractivity contribution >= 4 is 0 Å². The molecule has 0 bridgehead atoms. The Morgan fingerprint density at radius 2 is 2.25 bits per heavy atom. The van der Waals surface area contributed by atoms with Crippen LogP contribution in [0.2, 0.25) is 0 Å². The van der Waals surface area contributed by atoms with Crippen LogP contribution in [0.3, 0.4) is 0 Å². The monoisotopic (exact) mass is 216 g/mol. The maximum Gasteiger partial charge on any atom is 0.106 e. The molecule has 0 saturated heterocycles. The van der Waals surface area contributed by atoms with Gasteiger partial charge in [0.1, 0.15) is 5.82 Å². The van der Waals surface area contributed by atoms with Gasteiger partial charge in [0.2, 0.25) is 0 Å². The molecule has 16 heavy (non-hydrogen) atoms. The Morgan fingerprint density at radius 1 is 1.38 bits per heavy atom. The van der Waals surface area contributed by atoms with Crippen LogP contribution in [0, 0.1) is 6.92 Å². The third-order valence-corrected chi connectivity index (χ3v) is 3.34. The van der Waals surface area contributed by atoms with Crippen LogP contribution in [0.15, 0.2) is 23.0 Å². The molecule has 0 atom stereocenters. The largest absolute Gasteiger partial charge is 0.472 e. The first-order valence-electron chi connectivity index (χ1n) is 5.90. The average Bonchev–Trinajstić information content (AvgIpc) is 2.89. The molecule has 2 heterocycles. The fraction of sp³-hybridized carbons (Fsp3) is 0.462. The highest BCUT2D eigenvalue weighted by Gasteiger charge is 2.17. The number of nitrogens with zero attached hydrogens (tertiary/aromatic N) is 2. The van der Waals surface area contributed by atoms with Gasteiger partial charge in [-0.3, -0.25) is 0 Å². The molecule has 3 nitrogen and oxygen atoms in total. The molecule has 3 heteroatoms. The number of imidazole rings is 1. The highest BCUT2D eigenvalue weighted by molar-refractivity contribution is 5.22. The summed E-state index contributed by atoms with van der Waals surface area (Å²) in [5.74, 6) is 1.13. The lowest BCUT2D eigenvalue weighted by Crippen LogP contribution is -2.09. The van der Waals surface area contributed by atoms with Crippen molar-refractivity contribution in [2.75, 3.05) is 0 Å². The second-order valence-electron chi connectivity index (χ2n) is 4.48. The molecule has 84 valence electrons. The van der Waals surface area contributed by atoms with Crippen LogP contribution in [0.1, 0.15) is 35.6 Å². The standard InChI is InChI=1S/C13H16N2O/c1-10-14-12-4-2-3-5-13(12)15(10)8-11-6-7-16-9-11/h6-7,9H,2-5,8H2,1H3. The second kappa shape index (κ2) is 3.81. The van der Waals surface area contributed by atoms with Crippen molar-refractivity contribution in [2.45, 2.75) is 39.2 Å². The van der Waals surface area contributed by atoms with Gasteiger partial charge in [0.25, 0.3) is 0 Å². The van der Waals surface area contributed by atoms with E-state index < -0.39 is 0 Å². The van der Waals surface area contributed by atoms with E-state index >= 15 is 0 Å². The molecule has 1 aliphatic carbocycles. The maximum absolute atomic E-state index is 5.11. The van der Waals surface area contributed by atoms with E-state index in [2.05, 4.69) is 16.5 Å². The van der Waals surface area contributed by atoms with Crippen LogP contribution in [0.4, 0.5) is 0 Å². The highest BCUT2D eigenvalue weighted by atomic mass is 16.3. The zero-order valence-corrected chi connectivity index (χ0v) is 9.57. The van der Waals surface area contributed by atoms with Gasteiger partial charge < -0.3 is 8.98 Å². The fourth-order valence-electron chi connectivity index (χ4n) is 2.51. The smallest absolute Gasteiger partial charge is 0.106 e. The summed E-state index contributed by atoms with van der Waals surface area (Å²) in [6, 6.07) is 2.02. The van der Waals surface area contributed by atoms with Crippen molar-refractivity contribution in [3.05, 3.63) is 41.4 Å². The average molecular weight is 216 g/mol. The summed E-state index contributed by atoms with van der Waals surface area (Å²) in [5.41, 5.74) is 3.96. The molecule has 0 aromatic carbocycles. The minimum atomic E-state index is 0.894. The zero-order chi connectivity index (χ0) is 11.0. The van der Waals surface area contributed by atoms with Crippen LogP contribution in [0.5, 0.6) is 0 Å². The minimum Gasteiger partial charge on any atom is -0.472 e. The molecule has 2 aromatic heterocycles. The Balaban J connectivity index is 1.97. The number of furan rings is 1. The summed E-state index contributed by atoms with van der Waals surface area (Å²) in [4.78, 5) is 4.66. The molecule has 0 aliphatic heterocycles. The number of aromatic nitrogens is 2. The molecule has 2 aromatic rings. The minimum absolute atomic E-state index is 0.894. The molecule has 0 amide bonds. The van der Waals surface area contributed by atoms with Gasteiger partial charge in [0, 0.05) is 11.3 Å². The van der Waals surface area contributed by atoms with Crippen LogP contribution < -0.4 is 0 Å². The molecule has 0 N–H and O–H groups in total. The van der Waals surface area contributed by atoms with E-state index in [1.54, 1.807) is 6.26 Å². The number of rotatable bonds is 2. The van der Waals surface area contributed by atoms with Gasteiger partial charge in [0.15, 0.2) is 0 Å². The SMILES string of the molecule is Cc1nc2c(n1Cc1ccoc1)CCCC2. The molecule has 0 saturated carbocycles. The lowest BCUT2D eigenvalue weighted by molar-refractivity contribution is 0.559. The Bertz CT molecular complexity index is 482. The van der Waals surface area contributed by atoms with Crippen molar-refractivity contribution in [3.63, 3.8) is 0 Å². The first kappa shape index (κ1) is 9.70. The molecule has 0 spiro atoms. The van der Waals surface area contributed by atoms with Crippen molar-refractivity contribution in [3.8, 4) is 0 Å². The summed E-state index contributed by atoms with van der Waals surface area (Å²) in [7, 11) is 0. The Hall–Kier alpha value is -1.51. The lowest BCUT2D eigenvalue weighted by Gasteiger charge is -2.14. The second-order valence-corrected chi connectivity index (χ2v) is 4.48. The van der Waals surface area contributed by atoms with E-state index in [0.717, 1.165) is 18.8 Å². The van der Waals surface area contributed by atoms with Gasteiger partial charge in [-0.2, -0.15) is 0 Å². The lowest BCUT2D eigenvalue weighted by atomic mass is 10.0. The topological polar surface area (TPSA) is 31.0 Å². The summed E-state index contributed by atoms with van der Waals surface area (Å²) in [5, 5.41) is 0. The summed E-state index contributed by atoms with van der Waals surface area (Å²) in [6.45, 7) is 2.99. The van der Waals surface area contributed by atoms with E-state index in [0.29, 0.717) is 0 Å². The Morgan fingerprint density at radius 3 is 3.06 bits per heavy atom. The molecular weight excluding hydrogens is 200 g/mol. The molecule has 1 aliphatic rings. The van der Waals surface area contributed by atoms with E-state index in [1.165, 1.54) is 36.2 Å². The fourth-order valence-corrected chi connectivity index (χ4v) is 2.51. The summed E-state index contributed by atoms with van der Waals surface area (Å²) >= 11 is 0. The van der Waals surface area contributed by atoms with E-state index in [4.69, 9.17) is 4.42 Å². The summed E-state index contributed by atoms with van der Waals surface area (Å²) < 4.78 is 7.45.